The fourth-order valence-corrected chi connectivity index (χ4v) is 2.44. The number of benzene rings is 1. The van der Waals surface area contributed by atoms with E-state index in [4.69, 9.17) is 0 Å². The molecule has 1 unspecified atom stereocenters. The maximum Gasteiger partial charge on any atom is 0.157 e. The molecule has 114 valence electrons. The van der Waals surface area contributed by atoms with Crippen LogP contribution < -0.4 is 0 Å². The van der Waals surface area contributed by atoms with E-state index in [1.54, 1.807) is 12.1 Å². The van der Waals surface area contributed by atoms with Crippen molar-refractivity contribution in [3.05, 3.63) is 23.8 Å². The van der Waals surface area contributed by atoms with Crippen LogP contribution >= 0.6 is 0 Å². The molecule has 1 aromatic carbocycles. The summed E-state index contributed by atoms with van der Waals surface area (Å²) in [5.74, 6) is -0.0707. The molecule has 1 aromatic rings. The maximum absolute atomic E-state index is 9.57. The second kappa shape index (κ2) is 8.85. The van der Waals surface area contributed by atoms with E-state index < -0.39 is 0 Å². The molecule has 0 fully saturated rings. The molecule has 3 heteroatoms. The summed E-state index contributed by atoms with van der Waals surface area (Å²) in [5.41, 5.74) is 1.07. The Morgan fingerprint density at radius 2 is 1.60 bits per heavy atom. The van der Waals surface area contributed by atoms with Crippen LogP contribution in [0.15, 0.2) is 18.2 Å². The number of aromatic hydroxyl groups is 2. The van der Waals surface area contributed by atoms with E-state index in [0.29, 0.717) is 6.04 Å². The summed E-state index contributed by atoms with van der Waals surface area (Å²) in [6.45, 7) is 8.97. The average Bonchev–Trinajstić information content (AvgIpc) is 2.43. The molecule has 0 radical (unpaired) electrons. The Balaban J connectivity index is 2.62. The van der Waals surface area contributed by atoms with Gasteiger partial charge in [-0.15, -0.1) is 0 Å². The van der Waals surface area contributed by atoms with Gasteiger partial charge in [0.25, 0.3) is 0 Å². The highest BCUT2D eigenvalue weighted by molar-refractivity contribution is 5.40. The van der Waals surface area contributed by atoms with Gasteiger partial charge in [0.2, 0.25) is 0 Å². The van der Waals surface area contributed by atoms with Crippen molar-refractivity contribution >= 4 is 0 Å². The first kappa shape index (κ1) is 16.8. The fraction of sp³-hybridized carbons (Fsp3) is 0.647. The highest BCUT2D eigenvalue weighted by Crippen LogP contribution is 2.26. The fourth-order valence-electron chi connectivity index (χ4n) is 2.44. The molecule has 0 spiro atoms. The normalized spacial score (nSPS) is 12.8. The lowest BCUT2D eigenvalue weighted by molar-refractivity contribution is 0.201. The highest BCUT2D eigenvalue weighted by atomic mass is 16.3. The van der Waals surface area contributed by atoms with Crippen LogP contribution in [-0.4, -0.2) is 34.2 Å². The second-order valence-electron chi connectivity index (χ2n) is 5.62. The van der Waals surface area contributed by atoms with Gasteiger partial charge in [0.05, 0.1) is 0 Å². The number of phenols is 2. The van der Waals surface area contributed by atoms with Gasteiger partial charge in [0.1, 0.15) is 0 Å². The quantitative estimate of drug-likeness (QED) is 0.673. The SMILES string of the molecule is CCCCN(CCCC)C(C)Cc1ccc(O)c(O)c1. The highest BCUT2D eigenvalue weighted by Gasteiger charge is 2.14. The minimum atomic E-state index is -0.0461. The lowest BCUT2D eigenvalue weighted by Crippen LogP contribution is -2.36. The van der Waals surface area contributed by atoms with Crippen molar-refractivity contribution in [2.45, 2.75) is 58.9 Å². The molecule has 0 aliphatic rings. The summed E-state index contributed by atoms with van der Waals surface area (Å²) >= 11 is 0. The minimum absolute atomic E-state index is 0.0247. The monoisotopic (exact) mass is 279 g/mol. The van der Waals surface area contributed by atoms with Gasteiger partial charge in [-0.25, -0.2) is 0 Å². The summed E-state index contributed by atoms with van der Waals surface area (Å²) in [5, 5.41) is 18.9. The third-order valence-corrected chi connectivity index (χ3v) is 3.79. The van der Waals surface area contributed by atoms with Crippen LogP contribution in [0.2, 0.25) is 0 Å². The smallest absolute Gasteiger partial charge is 0.157 e. The zero-order valence-corrected chi connectivity index (χ0v) is 13.1. The lowest BCUT2D eigenvalue weighted by Gasteiger charge is -2.29. The van der Waals surface area contributed by atoms with Crippen LogP contribution in [0.25, 0.3) is 0 Å². The largest absolute Gasteiger partial charge is 0.504 e. The molecule has 3 nitrogen and oxygen atoms in total. The predicted octanol–water partition coefficient (Wildman–Crippen LogP) is 3.93. The Morgan fingerprint density at radius 3 is 2.10 bits per heavy atom. The van der Waals surface area contributed by atoms with E-state index >= 15 is 0 Å². The summed E-state index contributed by atoms with van der Waals surface area (Å²) in [6.07, 6.45) is 5.80. The molecule has 0 aliphatic carbocycles. The van der Waals surface area contributed by atoms with Gasteiger partial charge < -0.3 is 15.1 Å². The summed E-state index contributed by atoms with van der Waals surface area (Å²) in [4.78, 5) is 2.54. The molecule has 0 amide bonds. The van der Waals surface area contributed by atoms with Crippen molar-refractivity contribution in [2.24, 2.45) is 0 Å². The number of nitrogens with zero attached hydrogens (tertiary/aromatic N) is 1. The first-order valence-corrected chi connectivity index (χ1v) is 7.83. The number of unbranched alkanes of at least 4 members (excludes halogenated alkanes) is 2. The van der Waals surface area contributed by atoms with Crippen molar-refractivity contribution in [3.8, 4) is 11.5 Å². The van der Waals surface area contributed by atoms with Gasteiger partial charge in [-0.1, -0.05) is 32.8 Å². The number of hydrogen-bond donors (Lipinski definition) is 2. The first-order chi connectivity index (χ1) is 9.58. The summed E-state index contributed by atoms with van der Waals surface area (Å²) < 4.78 is 0. The molecule has 20 heavy (non-hydrogen) atoms. The van der Waals surface area contributed by atoms with Crippen molar-refractivity contribution in [1.29, 1.82) is 0 Å². The third-order valence-electron chi connectivity index (χ3n) is 3.79. The Bertz CT molecular complexity index is 385. The Kier molecular flexibility index (Phi) is 7.45. The first-order valence-electron chi connectivity index (χ1n) is 7.83. The Morgan fingerprint density at radius 1 is 1.00 bits per heavy atom. The minimum Gasteiger partial charge on any atom is -0.504 e. The van der Waals surface area contributed by atoms with Crippen LogP contribution in [0, 0.1) is 0 Å². The van der Waals surface area contributed by atoms with E-state index in [0.717, 1.165) is 25.1 Å². The summed E-state index contributed by atoms with van der Waals surface area (Å²) in [7, 11) is 0. The lowest BCUT2D eigenvalue weighted by atomic mass is 10.0. The van der Waals surface area contributed by atoms with Crippen LogP contribution in [0.3, 0.4) is 0 Å². The molecule has 0 aromatic heterocycles. The van der Waals surface area contributed by atoms with Crippen LogP contribution in [0.5, 0.6) is 11.5 Å². The van der Waals surface area contributed by atoms with Crippen molar-refractivity contribution < 1.29 is 10.2 Å². The number of hydrogen-bond acceptors (Lipinski definition) is 3. The molecule has 0 saturated carbocycles. The van der Waals surface area contributed by atoms with Crippen molar-refractivity contribution in [1.82, 2.24) is 4.90 Å². The summed E-state index contributed by atoms with van der Waals surface area (Å²) in [6, 6.07) is 5.59. The topological polar surface area (TPSA) is 43.7 Å². The molecule has 1 atom stereocenters. The van der Waals surface area contributed by atoms with Gasteiger partial charge in [-0.3, -0.25) is 0 Å². The van der Waals surface area contributed by atoms with Crippen LogP contribution in [-0.2, 0) is 6.42 Å². The van der Waals surface area contributed by atoms with E-state index in [-0.39, 0.29) is 11.5 Å². The average molecular weight is 279 g/mol. The van der Waals surface area contributed by atoms with Crippen molar-refractivity contribution in [3.63, 3.8) is 0 Å². The number of rotatable bonds is 9. The van der Waals surface area contributed by atoms with E-state index in [2.05, 4.69) is 25.7 Å². The molecule has 0 aliphatic heterocycles. The Labute approximate surface area is 123 Å². The zero-order valence-electron chi connectivity index (χ0n) is 13.1. The zero-order chi connectivity index (χ0) is 15.0. The van der Waals surface area contributed by atoms with Crippen molar-refractivity contribution in [2.75, 3.05) is 13.1 Å². The number of phenolic OH excluding ortho intramolecular Hbond substituents is 2. The van der Waals surface area contributed by atoms with Gasteiger partial charge in [0, 0.05) is 6.04 Å². The van der Waals surface area contributed by atoms with E-state index in [1.165, 1.54) is 25.7 Å². The molecule has 0 heterocycles. The Hall–Kier alpha value is -1.22. The van der Waals surface area contributed by atoms with Gasteiger partial charge in [-0.2, -0.15) is 0 Å². The van der Waals surface area contributed by atoms with E-state index in [1.807, 2.05) is 6.07 Å². The molecule has 1 rings (SSSR count). The standard InChI is InChI=1S/C17H29NO2/c1-4-6-10-18(11-7-5-2)14(3)12-15-8-9-16(19)17(20)13-15/h8-9,13-14,19-20H,4-7,10-12H2,1-3H3. The molecular weight excluding hydrogens is 250 g/mol. The third kappa shape index (κ3) is 5.41. The maximum atomic E-state index is 9.57. The second-order valence-corrected chi connectivity index (χ2v) is 5.62. The van der Waals surface area contributed by atoms with E-state index in [9.17, 15) is 10.2 Å². The van der Waals surface area contributed by atoms with Crippen LogP contribution in [0.4, 0.5) is 0 Å². The van der Waals surface area contributed by atoms with Crippen LogP contribution in [0.1, 0.15) is 52.0 Å². The molecule has 2 N–H and O–H groups in total. The molecule has 0 saturated heterocycles. The van der Waals surface area contributed by atoms with Gasteiger partial charge >= 0.3 is 0 Å². The molecular formula is C17H29NO2. The van der Waals surface area contributed by atoms with Gasteiger partial charge in [-0.05, 0) is 57.0 Å². The van der Waals surface area contributed by atoms with Gasteiger partial charge in [0.15, 0.2) is 11.5 Å². The molecule has 0 bridgehead atoms. The predicted molar refractivity (Wildman–Crippen MR) is 84.3 cm³/mol.